The fourth-order valence-corrected chi connectivity index (χ4v) is 2.94. The van der Waals surface area contributed by atoms with Crippen molar-refractivity contribution < 1.29 is 4.79 Å². The first-order valence-electron chi connectivity index (χ1n) is 7.82. The third kappa shape index (κ3) is 4.28. The molecule has 1 aromatic heterocycles. The van der Waals surface area contributed by atoms with Crippen LogP contribution >= 0.6 is 0 Å². The highest BCUT2D eigenvalue weighted by molar-refractivity contribution is 5.83. The van der Waals surface area contributed by atoms with Crippen LogP contribution in [0.15, 0.2) is 12.4 Å². The van der Waals surface area contributed by atoms with E-state index in [1.54, 1.807) is 17.9 Å². The second-order valence-corrected chi connectivity index (χ2v) is 5.79. The van der Waals surface area contributed by atoms with E-state index in [1.165, 1.54) is 6.42 Å². The highest BCUT2D eigenvalue weighted by atomic mass is 16.2. The van der Waals surface area contributed by atoms with Gasteiger partial charge in [0.2, 0.25) is 5.91 Å². The molecular weight excluding hydrogens is 266 g/mol. The number of piperidine rings is 1. The van der Waals surface area contributed by atoms with Gasteiger partial charge in [0.15, 0.2) is 0 Å². The van der Waals surface area contributed by atoms with Crippen molar-refractivity contribution in [3.63, 3.8) is 0 Å². The zero-order chi connectivity index (χ0) is 15.2. The first-order chi connectivity index (χ1) is 10.1. The summed E-state index contributed by atoms with van der Waals surface area (Å²) in [6, 6.07) is -0.0366. The molecule has 2 rings (SSSR count). The van der Waals surface area contributed by atoms with Gasteiger partial charge in [-0.2, -0.15) is 5.10 Å². The van der Waals surface area contributed by atoms with Gasteiger partial charge in [-0.3, -0.25) is 9.48 Å². The molecule has 1 saturated heterocycles. The van der Waals surface area contributed by atoms with Crippen LogP contribution in [-0.4, -0.2) is 53.3 Å². The Bertz CT molecular complexity index is 451. The van der Waals surface area contributed by atoms with E-state index in [2.05, 4.69) is 27.6 Å². The minimum absolute atomic E-state index is 0.0411. The van der Waals surface area contributed by atoms with Gasteiger partial charge in [-0.05, 0) is 32.9 Å². The zero-order valence-corrected chi connectivity index (χ0v) is 13.3. The summed E-state index contributed by atoms with van der Waals surface area (Å²) in [6.07, 6.45) is 6.89. The molecule has 6 nitrogen and oxygen atoms in total. The van der Waals surface area contributed by atoms with Crippen LogP contribution in [0.1, 0.15) is 37.8 Å². The van der Waals surface area contributed by atoms with Crippen molar-refractivity contribution in [2.45, 2.75) is 38.3 Å². The SMILES string of the molecule is CCCN1CCC(NC(=O)C(NC)c2cnn(C)c2)CC1. The van der Waals surface area contributed by atoms with Gasteiger partial charge in [0.05, 0.1) is 6.20 Å². The first-order valence-corrected chi connectivity index (χ1v) is 7.82. The Morgan fingerprint density at radius 3 is 2.71 bits per heavy atom. The average Bonchev–Trinajstić information content (AvgIpc) is 2.88. The van der Waals surface area contributed by atoms with Crippen LogP contribution in [0.2, 0.25) is 0 Å². The highest BCUT2D eigenvalue weighted by Crippen LogP contribution is 2.15. The molecular formula is C15H27N5O. The number of hydrogen-bond acceptors (Lipinski definition) is 4. The summed E-state index contributed by atoms with van der Waals surface area (Å²) < 4.78 is 1.72. The van der Waals surface area contributed by atoms with Crippen LogP contribution in [0, 0.1) is 0 Å². The normalized spacial score (nSPS) is 18.6. The van der Waals surface area contributed by atoms with Crippen LogP contribution in [0.4, 0.5) is 0 Å². The number of rotatable bonds is 6. The molecule has 1 aromatic rings. The van der Waals surface area contributed by atoms with Crippen LogP contribution in [0.3, 0.4) is 0 Å². The summed E-state index contributed by atoms with van der Waals surface area (Å²) in [5, 5.41) is 10.4. The number of amides is 1. The van der Waals surface area contributed by atoms with Crippen molar-refractivity contribution in [1.29, 1.82) is 0 Å². The molecule has 2 heterocycles. The Balaban J connectivity index is 1.86. The summed E-state index contributed by atoms with van der Waals surface area (Å²) in [5.74, 6) is 0.0411. The van der Waals surface area contributed by atoms with Gasteiger partial charge in [0, 0.05) is 37.9 Å². The summed E-state index contributed by atoms with van der Waals surface area (Å²) in [6.45, 7) is 5.53. The van der Waals surface area contributed by atoms with Gasteiger partial charge in [-0.15, -0.1) is 0 Å². The number of aryl methyl sites for hydroxylation is 1. The van der Waals surface area contributed by atoms with E-state index in [1.807, 2.05) is 13.2 Å². The quantitative estimate of drug-likeness (QED) is 0.809. The average molecular weight is 293 g/mol. The molecule has 1 aliphatic heterocycles. The number of aromatic nitrogens is 2. The number of carbonyl (C=O) groups excluding carboxylic acids is 1. The van der Waals surface area contributed by atoms with Crippen LogP contribution < -0.4 is 10.6 Å². The lowest BCUT2D eigenvalue weighted by atomic mass is 10.0. The smallest absolute Gasteiger partial charge is 0.242 e. The molecule has 6 heteroatoms. The minimum Gasteiger partial charge on any atom is -0.352 e. The summed E-state index contributed by atoms with van der Waals surface area (Å²) in [5.41, 5.74) is 0.904. The Labute approximate surface area is 126 Å². The molecule has 0 saturated carbocycles. The Kier molecular flexibility index (Phi) is 5.76. The molecule has 0 bridgehead atoms. The van der Waals surface area contributed by atoms with E-state index >= 15 is 0 Å². The van der Waals surface area contributed by atoms with Crippen molar-refractivity contribution >= 4 is 5.91 Å². The lowest BCUT2D eigenvalue weighted by molar-refractivity contribution is -0.124. The fourth-order valence-electron chi connectivity index (χ4n) is 2.94. The van der Waals surface area contributed by atoms with Crippen molar-refractivity contribution in [1.82, 2.24) is 25.3 Å². The lowest BCUT2D eigenvalue weighted by Crippen LogP contribution is -2.47. The fraction of sp³-hybridized carbons (Fsp3) is 0.733. The molecule has 1 fully saturated rings. The van der Waals surface area contributed by atoms with Gasteiger partial charge in [0.25, 0.3) is 0 Å². The monoisotopic (exact) mass is 293 g/mol. The number of likely N-dealkylation sites (N-methyl/N-ethyl adjacent to an activating group) is 1. The van der Waals surface area contributed by atoms with Gasteiger partial charge in [-0.1, -0.05) is 6.92 Å². The molecule has 0 aromatic carbocycles. The molecule has 2 N–H and O–H groups in total. The van der Waals surface area contributed by atoms with Crippen LogP contribution in [0.25, 0.3) is 0 Å². The number of hydrogen-bond donors (Lipinski definition) is 2. The predicted octanol–water partition coefficient (Wildman–Crippen LogP) is 0.671. The highest BCUT2D eigenvalue weighted by Gasteiger charge is 2.25. The third-order valence-corrected chi connectivity index (χ3v) is 4.08. The lowest BCUT2D eigenvalue weighted by Gasteiger charge is -2.32. The maximum absolute atomic E-state index is 12.4. The molecule has 1 atom stereocenters. The summed E-state index contributed by atoms with van der Waals surface area (Å²) in [7, 11) is 3.67. The number of carbonyl (C=O) groups is 1. The number of nitrogens with one attached hydrogen (secondary N) is 2. The predicted molar refractivity (Wildman–Crippen MR) is 82.9 cm³/mol. The van der Waals surface area contributed by atoms with E-state index in [-0.39, 0.29) is 18.0 Å². The Morgan fingerprint density at radius 1 is 1.48 bits per heavy atom. The molecule has 118 valence electrons. The van der Waals surface area contributed by atoms with E-state index in [9.17, 15) is 4.79 Å². The van der Waals surface area contributed by atoms with Crippen LogP contribution in [-0.2, 0) is 11.8 Å². The Hall–Kier alpha value is -1.40. The van der Waals surface area contributed by atoms with Crippen LogP contribution in [0.5, 0.6) is 0 Å². The Morgan fingerprint density at radius 2 is 2.19 bits per heavy atom. The molecule has 1 unspecified atom stereocenters. The van der Waals surface area contributed by atoms with Crippen molar-refractivity contribution in [2.75, 3.05) is 26.7 Å². The topological polar surface area (TPSA) is 62.2 Å². The maximum Gasteiger partial charge on any atom is 0.242 e. The zero-order valence-electron chi connectivity index (χ0n) is 13.3. The standard InChI is InChI=1S/C15H27N5O/c1-4-7-20-8-5-13(6-9-20)18-15(21)14(16-2)12-10-17-19(3)11-12/h10-11,13-14,16H,4-9H2,1-3H3,(H,18,21). The van der Waals surface area contributed by atoms with Gasteiger partial charge in [-0.25, -0.2) is 0 Å². The minimum atomic E-state index is -0.327. The van der Waals surface area contributed by atoms with E-state index < -0.39 is 0 Å². The van der Waals surface area contributed by atoms with E-state index in [4.69, 9.17) is 0 Å². The first kappa shape index (κ1) is 16.0. The molecule has 1 amide bonds. The molecule has 1 aliphatic rings. The molecule has 0 aliphatic carbocycles. The largest absolute Gasteiger partial charge is 0.352 e. The summed E-state index contributed by atoms with van der Waals surface area (Å²) >= 11 is 0. The van der Waals surface area contributed by atoms with Gasteiger partial charge >= 0.3 is 0 Å². The molecule has 21 heavy (non-hydrogen) atoms. The van der Waals surface area contributed by atoms with Gasteiger partial charge in [0.1, 0.15) is 6.04 Å². The number of likely N-dealkylation sites (tertiary alicyclic amines) is 1. The molecule has 0 radical (unpaired) electrons. The number of nitrogens with zero attached hydrogens (tertiary/aromatic N) is 3. The summed E-state index contributed by atoms with van der Waals surface area (Å²) in [4.78, 5) is 14.9. The second kappa shape index (κ2) is 7.56. The van der Waals surface area contributed by atoms with Crippen molar-refractivity contribution in [2.24, 2.45) is 7.05 Å². The maximum atomic E-state index is 12.4. The van der Waals surface area contributed by atoms with Crippen molar-refractivity contribution in [3.8, 4) is 0 Å². The van der Waals surface area contributed by atoms with E-state index in [0.29, 0.717) is 0 Å². The van der Waals surface area contributed by atoms with Crippen molar-refractivity contribution in [3.05, 3.63) is 18.0 Å². The third-order valence-electron chi connectivity index (χ3n) is 4.08. The van der Waals surface area contributed by atoms with E-state index in [0.717, 1.165) is 38.0 Å². The second-order valence-electron chi connectivity index (χ2n) is 5.79. The van der Waals surface area contributed by atoms with Gasteiger partial charge < -0.3 is 15.5 Å². The molecule has 0 spiro atoms.